The molecule has 0 radical (unpaired) electrons. The lowest BCUT2D eigenvalue weighted by atomic mass is 9.99. The summed E-state index contributed by atoms with van der Waals surface area (Å²) in [6, 6.07) is 3.15. The van der Waals surface area contributed by atoms with Gasteiger partial charge in [0, 0.05) is 11.6 Å². The van der Waals surface area contributed by atoms with Crippen LogP contribution in [0.1, 0.15) is 39.3 Å². The predicted octanol–water partition coefficient (Wildman–Crippen LogP) is 3.29. The highest BCUT2D eigenvalue weighted by molar-refractivity contribution is 5.46. The summed E-state index contributed by atoms with van der Waals surface area (Å²) in [6.45, 7) is 7.96. The van der Waals surface area contributed by atoms with E-state index in [-0.39, 0.29) is 11.2 Å². The summed E-state index contributed by atoms with van der Waals surface area (Å²) in [4.78, 5) is 14.5. The van der Waals surface area contributed by atoms with Crippen molar-refractivity contribution in [1.82, 2.24) is 4.98 Å². The minimum atomic E-state index is -0.413. The van der Waals surface area contributed by atoms with Crippen LogP contribution >= 0.6 is 0 Å². The number of anilines is 1. The van der Waals surface area contributed by atoms with E-state index in [1.54, 1.807) is 13.0 Å². The van der Waals surface area contributed by atoms with Gasteiger partial charge in [0.1, 0.15) is 11.5 Å². The number of nitrogens with one attached hydrogen (secondary N) is 1. The Bertz CT molecular complexity index is 416. The zero-order valence-corrected chi connectivity index (χ0v) is 10.8. The first kappa shape index (κ1) is 13.4. The summed E-state index contributed by atoms with van der Waals surface area (Å²) in [7, 11) is 0. The molecule has 0 aliphatic carbocycles. The minimum absolute atomic E-state index is 0.0513. The van der Waals surface area contributed by atoms with Crippen molar-refractivity contribution in [2.45, 2.75) is 46.1 Å². The van der Waals surface area contributed by atoms with E-state index in [1.807, 2.05) is 0 Å². The summed E-state index contributed by atoms with van der Waals surface area (Å²) < 4.78 is 0. The Morgan fingerprint density at radius 3 is 2.59 bits per heavy atom. The number of hydrogen-bond donors (Lipinski definition) is 1. The van der Waals surface area contributed by atoms with Gasteiger partial charge in [-0.15, -0.1) is 0 Å². The molecule has 17 heavy (non-hydrogen) atoms. The maximum Gasteiger partial charge on any atom is 0.290 e. The van der Waals surface area contributed by atoms with Crippen LogP contribution < -0.4 is 5.32 Å². The topological polar surface area (TPSA) is 68.1 Å². The van der Waals surface area contributed by atoms with E-state index in [0.29, 0.717) is 11.5 Å². The van der Waals surface area contributed by atoms with Crippen molar-refractivity contribution in [3.05, 3.63) is 27.9 Å². The van der Waals surface area contributed by atoms with Gasteiger partial charge >= 0.3 is 0 Å². The summed E-state index contributed by atoms with van der Waals surface area (Å²) in [6.07, 6.45) is 2.09. The Morgan fingerprint density at radius 2 is 2.12 bits per heavy atom. The van der Waals surface area contributed by atoms with Crippen LogP contribution in [-0.4, -0.2) is 15.4 Å². The van der Waals surface area contributed by atoms with Gasteiger partial charge in [0.2, 0.25) is 0 Å². The second-order valence-corrected chi connectivity index (χ2v) is 4.82. The third kappa shape index (κ3) is 3.69. The second-order valence-electron chi connectivity index (χ2n) is 4.82. The molecular formula is C12H19N3O2. The molecule has 0 amide bonds. The number of aryl methyl sites for hydroxylation is 1. The molecular weight excluding hydrogens is 218 g/mol. The van der Waals surface area contributed by atoms with Gasteiger partial charge in [-0.25, -0.2) is 4.98 Å². The lowest BCUT2D eigenvalue weighted by Gasteiger charge is -2.26. The van der Waals surface area contributed by atoms with E-state index in [2.05, 4.69) is 31.1 Å². The highest BCUT2D eigenvalue weighted by Gasteiger charge is 2.18. The number of nitro groups is 1. The molecule has 0 aliphatic heterocycles. The molecule has 1 N–H and O–H groups in total. The van der Waals surface area contributed by atoms with Crippen molar-refractivity contribution in [3.8, 4) is 0 Å². The molecule has 0 atom stereocenters. The van der Waals surface area contributed by atoms with Crippen molar-refractivity contribution < 1.29 is 4.92 Å². The van der Waals surface area contributed by atoms with Gasteiger partial charge < -0.3 is 5.32 Å². The van der Waals surface area contributed by atoms with Crippen LogP contribution in [0.25, 0.3) is 0 Å². The van der Waals surface area contributed by atoms with Gasteiger partial charge in [0.25, 0.3) is 5.69 Å². The van der Waals surface area contributed by atoms with Gasteiger partial charge in [0.05, 0.1) is 4.92 Å². The highest BCUT2D eigenvalue weighted by atomic mass is 16.6. The highest BCUT2D eigenvalue weighted by Crippen LogP contribution is 2.22. The molecule has 0 aliphatic rings. The van der Waals surface area contributed by atoms with Gasteiger partial charge in [-0.3, -0.25) is 10.1 Å². The Balaban J connectivity index is 2.88. The van der Waals surface area contributed by atoms with Crippen LogP contribution in [0.5, 0.6) is 0 Å². The smallest absolute Gasteiger partial charge is 0.290 e. The van der Waals surface area contributed by atoms with Crippen molar-refractivity contribution in [2.75, 3.05) is 5.32 Å². The zero-order valence-electron chi connectivity index (χ0n) is 10.8. The largest absolute Gasteiger partial charge is 0.365 e. The lowest BCUT2D eigenvalue weighted by molar-refractivity contribution is -0.385. The SMILES string of the molecule is CCCC(C)(C)Nc1ccc([N+](=O)[O-])c(C)n1. The van der Waals surface area contributed by atoms with Crippen molar-refractivity contribution in [1.29, 1.82) is 0 Å². The number of aromatic nitrogens is 1. The van der Waals surface area contributed by atoms with Gasteiger partial charge in [-0.05, 0) is 33.3 Å². The van der Waals surface area contributed by atoms with Crippen LogP contribution in [0.4, 0.5) is 11.5 Å². The van der Waals surface area contributed by atoms with Crippen molar-refractivity contribution >= 4 is 11.5 Å². The molecule has 1 heterocycles. The van der Waals surface area contributed by atoms with Gasteiger partial charge in [0.15, 0.2) is 0 Å². The molecule has 0 spiro atoms. The van der Waals surface area contributed by atoms with Crippen LogP contribution in [0.3, 0.4) is 0 Å². The third-order valence-corrected chi connectivity index (χ3v) is 2.60. The molecule has 0 fully saturated rings. The molecule has 5 heteroatoms. The van der Waals surface area contributed by atoms with Crippen LogP contribution in [0.15, 0.2) is 12.1 Å². The fourth-order valence-electron chi connectivity index (χ4n) is 1.85. The summed E-state index contributed by atoms with van der Waals surface area (Å²) >= 11 is 0. The minimum Gasteiger partial charge on any atom is -0.365 e. The Labute approximate surface area is 101 Å². The number of hydrogen-bond acceptors (Lipinski definition) is 4. The first-order chi connectivity index (χ1) is 7.85. The molecule has 0 unspecified atom stereocenters. The second kappa shape index (κ2) is 5.12. The maximum atomic E-state index is 10.7. The molecule has 94 valence electrons. The van der Waals surface area contributed by atoms with E-state index < -0.39 is 4.92 Å². The Morgan fingerprint density at radius 1 is 1.47 bits per heavy atom. The van der Waals surface area contributed by atoms with E-state index in [9.17, 15) is 10.1 Å². The molecule has 0 saturated heterocycles. The van der Waals surface area contributed by atoms with E-state index >= 15 is 0 Å². The number of rotatable bonds is 5. The number of pyridine rings is 1. The van der Waals surface area contributed by atoms with E-state index in [1.165, 1.54) is 6.07 Å². The normalized spacial score (nSPS) is 11.3. The summed E-state index contributed by atoms with van der Waals surface area (Å²) in [5.41, 5.74) is 0.445. The van der Waals surface area contributed by atoms with Gasteiger partial charge in [-0.1, -0.05) is 13.3 Å². The van der Waals surface area contributed by atoms with E-state index in [4.69, 9.17) is 0 Å². The first-order valence-corrected chi connectivity index (χ1v) is 5.76. The fraction of sp³-hybridized carbons (Fsp3) is 0.583. The predicted molar refractivity (Wildman–Crippen MR) is 68.2 cm³/mol. The molecule has 0 bridgehead atoms. The molecule has 5 nitrogen and oxygen atoms in total. The van der Waals surface area contributed by atoms with Crippen LogP contribution in [0.2, 0.25) is 0 Å². The van der Waals surface area contributed by atoms with E-state index in [0.717, 1.165) is 12.8 Å². The summed E-state index contributed by atoms with van der Waals surface area (Å²) in [5, 5.41) is 14.0. The Hall–Kier alpha value is -1.65. The summed E-state index contributed by atoms with van der Waals surface area (Å²) in [5.74, 6) is 0.687. The third-order valence-electron chi connectivity index (χ3n) is 2.60. The zero-order chi connectivity index (χ0) is 13.1. The van der Waals surface area contributed by atoms with Crippen molar-refractivity contribution in [2.24, 2.45) is 0 Å². The fourth-order valence-corrected chi connectivity index (χ4v) is 1.85. The monoisotopic (exact) mass is 237 g/mol. The molecule has 1 rings (SSSR count). The molecule has 0 saturated carbocycles. The van der Waals surface area contributed by atoms with Crippen molar-refractivity contribution in [3.63, 3.8) is 0 Å². The maximum absolute atomic E-state index is 10.7. The lowest BCUT2D eigenvalue weighted by Crippen LogP contribution is -2.31. The van der Waals surface area contributed by atoms with Gasteiger partial charge in [-0.2, -0.15) is 0 Å². The molecule has 1 aromatic heterocycles. The molecule has 1 aromatic rings. The molecule has 0 aromatic carbocycles. The quantitative estimate of drug-likeness (QED) is 0.630. The Kier molecular flexibility index (Phi) is 4.04. The standard InChI is InChI=1S/C12H19N3O2/c1-5-8-12(3,4)14-11-7-6-10(15(16)17)9(2)13-11/h6-7H,5,8H2,1-4H3,(H,13,14). The first-order valence-electron chi connectivity index (χ1n) is 5.76. The average Bonchev–Trinajstić information content (AvgIpc) is 2.15. The van der Waals surface area contributed by atoms with Crippen LogP contribution in [-0.2, 0) is 0 Å². The average molecular weight is 237 g/mol. The van der Waals surface area contributed by atoms with Crippen LogP contribution in [0, 0.1) is 17.0 Å². The number of nitrogens with zero attached hydrogens (tertiary/aromatic N) is 2.